The summed E-state index contributed by atoms with van der Waals surface area (Å²) in [4.78, 5) is 12.8. The SMILES string of the molecule is CC(C)=CC(=O)C(c1ccc(C)cc1)S(=O)(=O)c1ccccc1. The Bertz CT molecular complexity index is 813. The summed E-state index contributed by atoms with van der Waals surface area (Å²) < 4.78 is 26.0. The third kappa shape index (κ3) is 3.96. The van der Waals surface area contributed by atoms with E-state index in [-0.39, 0.29) is 4.90 Å². The highest BCUT2D eigenvalue weighted by molar-refractivity contribution is 7.92. The number of benzene rings is 2. The Morgan fingerprint density at radius 3 is 2.04 bits per heavy atom. The van der Waals surface area contributed by atoms with Crippen LogP contribution in [0, 0.1) is 6.92 Å². The summed E-state index contributed by atoms with van der Waals surface area (Å²) >= 11 is 0. The Morgan fingerprint density at radius 2 is 1.52 bits per heavy atom. The Labute approximate surface area is 137 Å². The first-order valence-corrected chi connectivity index (χ1v) is 8.91. The van der Waals surface area contributed by atoms with E-state index in [9.17, 15) is 13.2 Å². The quantitative estimate of drug-likeness (QED) is 0.778. The van der Waals surface area contributed by atoms with Crippen molar-refractivity contribution in [3.63, 3.8) is 0 Å². The Kier molecular flexibility index (Phi) is 5.16. The van der Waals surface area contributed by atoms with Gasteiger partial charge < -0.3 is 0 Å². The number of aryl methyl sites for hydroxylation is 1. The van der Waals surface area contributed by atoms with Crippen LogP contribution in [0.1, 0.15) is 30.2 Å². The van der Waals surface area contributed by atoms with E-state index in [0.717, 1.165) is 11.1 Å². The lowest BCUT2D eigenvalue weighted by molar-refractivity contribution is -0.114. The van der Waals surface area contributed by atoms with Crippen LogP contribution in [0.5, 0.6) is 0 Å². The Balaban J connectivity index is 2.60. The van der Waals surface area contributed by atoms with Crippen molar-refractivity contribution in [3.05, 3.63) is 77.4 Å². The smallest absolute Gasteiger partial charge is 0.192 e. The first-order valence-electron chi connectivity index (χ1n) is 7.36. The molecule has 0 aliphatic heterocycles. The monoisotopic (exact) mass is 328 g/mol. The molecule has 0 saturated carbocycles. The second kappa shape index (κ2) is 6.92. The van der Waals surface area contributed by atoms with Crippen LogP contribution in [0.25, 0.3) is 0 Å². The maximum atomic E-state index is 13.0. The second-order valence-electron chi connectivity index (χ2n) is 5.77. The lowest BCUT2D eigenvalue weighted by Crippen LogP contribution is -2.21. The van der Waals surface area contributed by atoms with Crippen molar-refractivity contribution < 1.29 is 13.2 Å². The van der Waals surface area contributed by atoms with Gasteiger partial charge in [-0.15, -0.1) is 0 Å². The van der Waals surface area contributed by atoms with E-state index in [1.54, 1.807) is 44.2 Å². The molecule has 1 atom stereocenters. The van der Waals surface area contributed by atoms with Gasteiger partial charge in [0.05, 0.1) is 4.90 Å². The third-order valence-corrected chi connectivity index (χ3v) is 5.51. The van der Waals surface area contributed by atoms with Gasteiger partial charge in [0.2, 0.25) is 0 Å². The number of rotatable bonds is 5. The van der Waals surface area contributed by atoms with Crippen LogP contribution in [0.3, 0.4) is 0 Å². The minimum absolute atomic E-state index is 0.154. The van der Waals surface area contributed by atoms with Crippen LogP contribution in [-0.2, 0) is 14.6 Å². The average Bonchev–Trinajstić information content (AvgIpc) is 2.49. The summed E-state index contributed by atoms with van der Waals surface area (Å²) in [5, 5.41) is -1.22. The molecule has 0 aliphatic rings. The van der Waals surface area contributed by atoms with Crippen LogP contribution < -0.4 is 0 Å². The summed E-state index contributed by atoms with van der Waals surface area (Å²) in [6, 6.07) is 15.1. The van der Waals surface area contributed by atoms with Crippen LogP contribution in [0.4, 0.5) is 0 Å². The van der Waals surface area contributed by atoms with E-state index < -0.39 is 20.9 Å². The van der Waals surface area contributed by atoms with Gasteiger partial charge >= 0.3 is 0 Å². The van der Waals surface area contributed by atoms with Gasteiger partial charge in [-0.25, -0.2) is 8.42 Å². The zero-order chi connectivity index (χ0) is 17.0. The molecule has 0 radical (unpaired) electrons. The number of hydrogen-bond donors (Lipinski definition) is 0. The van der Waals surface area contributed by atoms with Gasteiger partial charge in [-0.1, -0.05) is 53.6 Å². The summed E-state index contributed by atoms with van der Waals surface area (Å²) in [6.07, 6.45) is 1.39. The number of hydrogen-bond acceptors (Lipinski definition) is 3. The molecule has 0 aliphatic carbocycles. The molecule has 0 aromatic heterocycles. The number of allylic oxidation sites excluding steroid dienone is 2. The van der Waals surface area contributed by atoms with Crippen molar-refractivity contribution in [1.29, 1.82) is 0 Å². The summed E-state index contributed by atoms with van der Waals surface area (Å²) in [5.41, 5.74) is 2.27. The summed E-state index contributed by atoms with van der Waals surface area (Å²) in [7, 11) is -3.81. The molecular weight excluding hydrogens is 308 g/mol. The van der Waals surface area contributed by atoms with Crippen molar-refractivity contribution in [2.45, 2.75) is 30.9 Å². The largest absolute Gasteiger partial charge is 0.293 e. The first kappa shape index (κ1) is 17.2. The number of carbonyl (C=O) groups excluding carboxylic acids is 1. The molecule has 0 bridgehead atoms. The fraction of sp³-hybridized carbons (Fsp3) is 0.211. The molecule has 0 heterocycles. The van der Waals surface area contributed by atoms with Gasteiger partial charge in [0.15, 0.2) is 20.9 Å². The maximum absolute atomic E-state index is 13.0. The molecule has 0 amide bonds. The van der Waals surface area contributed by atoms with Gasteiger partial charge in [0.1, 0.15) is 0 Å². The highest BCUT2D eigenvalue weighted by atomic mass is 32.2. The lowest BCUT2D eigenvalue weighted by Gasteiger charge is -2.16. The molecule has 0 saturated heterocycles. The fourth-order valence-electron chi connectivity index (χ4n) is 2.34. The normalized spacial score (nSPS) is 12.5. The van der Waals surface area contributed by atoms with E-state index in [4.69, 9.17) is 0 Å². The van der Waals surface area contributed by atoms with Crippen LogP contribution in [-0.4, -0.2) is 14.2 Å². The zero-order valence-electron chi connectivity index (χ0n) is 13.5. The zero-order valence-corrected chi connectivity index (χ0v) is 14.3. The number of sulfone groups is 1. The predicted octanol–water partition coefficient (Wildman–Crippen LogP) is 4.05. The minimum atomic E-state index is -3.81. The summed E-state index contributed by atoms with van der Waals surface area (Å²) in [6.45, 7) is 5.47. The van der Waals surface area contributed by atoms with Crippen LogP contribution >= 0.6 is 0 Å². The van der Waals surface area contributed by atoms with Crippen molar-refractivity contribution in [2.24, 2.45) is 0 Å². The van der Waals surface area contributed by atoms with E-state index in [1.165, 1.54) is 18.2 Å². The van der Waals surface area contributed by atoms with Crippen LogP contribution in [0.2, 0.25) is 0 Å². The third-order valence-electron chi connectivity index (χ3n) is 3.45. The van der Waals surface area contributed by atoms with E-state index in [2.05, 4.69) is 0 Å². The Morgan fingerprint density at radius 1 is 0.957 bits per heavy atom. The number of ketones is 1. The molecule has 0 fully saturated rings. The molecular formula is C19H20O3S. The molecule has 0 spiro atoms. The highest BCUT2D eigenvalue weighted by Gasteiger charge is 2.34. The first-order chi connectivity index (χ1) is 10.8. The lowest BCUT2D eigenvalue weighted by atomic mass is 10.1. The van der Waals surface area contributed by atoms with Gasteiger partial charge in [-0.3, -0.25) is 4.79 Å². The molecule has 4 heteroatoms. The van der Waals surface area contributed by atoms with Crippen molar-refractivity contribution in [3.8, 4) is 0 Å². The van der Waals surface area contributed by atoms with Gasteiger partial charge in [0, 0.05) is 0 Å². The predicted molar refractivity (Wildman–Crippen MR) is 92.0 cm³/mol. The molecule has 120 valence electrons. The molecule has 0 N–H and O–H groups in total. The van der Waals surface area contributed by atoms with Crippen molar-refractivity contribution in [1.82, 2.24) is 0 Å². The van der Waals surface area contributed by atoms with E-state index in [1.807, 2.05) is 19.1 Å². The second-order valence-corrected chi connectivity index (χ2v) is 7.81. The topological polar surface area (TPSA) is 51.2 Å². The molecule has 3 nitrogen and oxygen atoms in total. The maximum Gasteiger partial charge on any atom is 0.192 e. The molecule has 23 heavy (non-hydrogen) atoms. The standard InChI is InChI=1S/C19H20O3S/c1-14(2)13-18(20)19(16-11-9-15(3)10-12-16)23(21,22)17-7-5-4-6-8-17/h4-13,19H,1-3H3. The average molecular weight is 328 g/mol. The van der Waals surface area contributed by atoms with Gasteiger partial charge in [-0.05, 0) is 44.5 Å². The molecule has 2 rings (SSSR count). The van der Waals surface area contributed by atoms with Gasteiger partial charge in [-0.2, -0.15) is 0 Å². The minimum Gasteiger partial charge on any atom is -0.293 e. The summed E-state index contributed by atoms with van der Waals surface area (Å²) in [5.74, 6) is -0.419. The Hall–Kier alpha value is -2.20. The fourth-order valence-corrected chi connectivity index (χ4v) is 4.04. The van der Waals surface area contributed by atoms with Crippen LogP contribution in [0.15, 0.2) is 71.1 Å². The van der Waals surface area contributed by atoms with Gasteiger partial charge in [0.25, 0.3) is 0 Å². The molecule has 2 aromatic carbocycles. The number of carbonyl (C=O) groups is 1. The van der Waals surface area contributed by atoms with Crippen molar-refractivity contribution in [2.75, 3.05) is 0 Å². The van der Waals surface area contributed by atoms with E-state index in [0.29, 0.717) is 5.56 Å². The molecule has 1 unspecified atom stereocenters. The highest BCUT2D eigenvalue weighted by Crippen LogP contribution is 2.30. The molecule has 2 aromatic rings. The van der Waals surface area contributed by atoms with Crippen molar-refractivity contribution >= 4 is 15.6 Å². The van der Waals surface area contributed by atoms with E-state index >= 15 is 0 Å².